The highest BCUT2D eigenvalue weighted by atomic mass is 16.5. The van der Waals surface area contributed by atoms with Crippen LogP contribution in [0.2, 0.25) is 0 Å². The molecule has 0 saturated heterocycles. The fourth-order valence-corrected chi connectivity index (χ4v) is 7.81. The van der Waals surface area contributed by atoms with Gasteiger partial charge in [-0.2, -0.15) is 0 Å². The number of rotatable bonds is 46. The Balaban J connectivity index is 4.63. The summed E-state index contributed by atoms with van der Waals surface area (Å²) in [6.45, 7) is 6.33. The second-order valence-electron chi connectivity index (χ2n) is 17.7. The molecule has 0 aliphatic heterocycles. The summed E-state index contributed by atoms with van der Waals surface area (Å²) in [6, 6.07) is -0.724. The highest BCUT2D eigenvalue weighted by Crippen LogP contribution is 2.18. The lowest BCUT2D eigenvalue weighted by molar-refractivity contribution is -0.151. The van der Waals surface area contributed by atoms with Crippen LogP contribution in [0.1, 0.15) is 252 Å². The number of hydrogen-bond acceptors (Lipinski definition) is 5. The van der Waals surface area contributed by atoms with Gasteiger partial charge in [0.15, 0.2) is 0 Å². The largest absolute Gasteiger partial charge is 0.462 e. The number of aliphatic hydroxyl groups is 2. The van der Waals surface area contributed by atoms with Crippen molar-refractivity contribution in [3.63, 3.8) is 0 Å². The first-order valence-corrected chi connectivity index (χ1v) is 26.1. The van der Waals surface area contributed by atoms with Crippen LogP contribution < -0.4 is 5.32 Å². The third-order valence-corrected chi connectivity index (χ3v) is 11.7. The summed E-state index contributed by atoms with van der Waals surface area (Å²) in [7, 11) is 0. The van der Waals surface area contributed by atoms with E-state index < -0.39 is 18.2 Å². The Morgan fingerprint density at radius 2 is 0.885 bits per heavy atom. The van der Waals surface area contributed by atoms with Crippen LogP contribution in [0.4, 0.5) is 0 Å². The minimum absolute atomic E-state index is 0.0298. The number of carbonyl (C=O) groups excluding carboxylic acids is 2. The van der Waals surface area contributed by atoms with Crippen molar-refractivity contribution in [2.24, 2.45) is 0 Å². The van der Waals surface area contributed by atoms with Gasteiger partial charge < -0.3 is 20.3 Å². The molecule has 0 radical (unpaired) electrons. The molecule has 0 spiro atoms. The second-order valence-corrected chi connectivity index (χ2v) is 17.7. The average Bonchev–Trinajstić information content (AvgIpc) is 3.25. The summed E-state index contributed by atoms with van der Waals surface area (Å²) in [6.07, 6.45) is 60.0. The van der Waals surface area contributed by atoms with E-state index in [9.17, 15) is 19.8 Å². The molecule has 0 aromatic rings. The molecule has 3 atom stereocenters. The highest BCUT2D eigenvalue weighted by molar-refractivity contribution is 5.77. The molecule has 6 nitrogen and oxygen atoms in total. The predicted molar refractivity (Wildman–Crippen MR) is 264 cm³/mol. The molecule has 0 rings (SSSR count). The minimum atomic E-state index is -0.806. The summed E-state index contributed by atoms with van der Waals surface area (Å²) in [4.78, 5) is 26.1. The molecule has 61 heavy (non-hydrogen) atoms. The van der Waals surface area contributed by atoms with Gasteiger partial charge in [0.05, 0.1) is 25.2 Å². The molecule has 0 bridgehead atoms. The van der Waals surface area contributed by atoms with Crippen molar-refractivity contribution in [2.45, 2.75) is 270 Å². The van der Waals surface area contributed by atoms with Crippen LogP contribution in [0.5, 0.6) is 0 Å². The molecule has 0 fully saturated rings. The Morgan fingerprint density at radius 3 is 1.31 bits per heavy atom. The van der Waals surface area contributed by atoms with Crippen molar-refractivity contribution in [1.29, 1.82) is 0 Å². The fourth-order valence-electron chi connectivity index (χ4n) is 7.81. The Morgan fingerprint density at radius 1 is 0.492 bits per heavy atom. The Hall–Kier alpha value is -2.44. The van der Waals surface area contributed by atoms with E-state index in [1.807, 2.05) is 48.6 Å². The summed E-state index contributed by atoms with van der Waals surface area (Å²) in [5.74, 6) is -0.540. The van der Waals surface area contributed by atoms with Crippen molar-refractivity contribution >= 4 is 11.9 Å². The topological polar surface area (TPSA) is 95.9 Å². The summed E-state index contributed by atoms with van der Waals surface area (Å²) < 4.78 is 5.90. The molecule has 0 aromatic carbocycles. The van der Waals surface area contributed by atoms with E-state index >= 15 is 0 Å². The summed E-state index contributed by atoms with van der Waals surface area (Å²) >= 11 is 0. The van der Waals surface area contributed by atoms with Gasteiger partial charge in [0.25, 0.3) is 0 Å². The third-order valence-electron chi connectivity index (χ3n) is 11.7. The second kappa shape index (κ2) is 48.6. The van der Waals surface area contributed by atoms with Crippen LogP contribution in [0, 0.1) is 0 Å². The number of nitrogens with one attached hydrogen (secondary N) is 1. The van der Waals surface area contributed by atoms with Crippen molar-refractivity contribution in [1.82, 2.24) is 5.32 Å². The van der Waals surface area contributed by atoms with Gasteiger partial charge in [-0.3, -0.25) is 9.59 Å². The molecule has 1 amide bonds. The average molecular weight is 854 g/mol. The third kappa shape index (κ3) is 44.0. The number of aliphatic hydroxyl groups excluding tert-OH is 2. The molecule has 3 N–H and O–H groups in total. The van der Waals surface area contributed by atoms with Gasteiger partial charge >= 0.3 is 5.97 Å². The number of ether oxygens (including phenoxy) is 1. The zero-order valence-corrected chi connectivity index (χ0v) is 40.3. The molecule has 0 aromatic heterocycles. The van der Waals surface area contributed by atoms with Crippen LogP contribution >= 0.6 is 0 Å². The maximum atomic E-state index is 13.2. The van der Waals surface area contributed by atoms with Gasteiger partial charge in [0.2, 0.25) is 5.91 Å². The van der Waals surface area contributed by atoms with Crippen LogP contribution in [-0.2, 0) is 14.3 Å². The van der Waals surface area contributed by atoms with E-state index in [1.165, 1.54) is 148 Å². The molecule has 0 aliphatic carbocycles. The summed E-state index contributed by atoms with van der Waals surface area (Å²) in [5, 5.41) is 23.7. The monoisotopic (exact) mass is 854 g/mol. The van der Waals surface area contributed by atoms with Crippen molar-refractivity contribution in [3.8, 4) is 0 Å². The van der Waals surface area contributed by atoms with Gasteiger partial charge in [-0.1, -0.05) is 261 Å². The van der Waals surface area contributed by atoms with Gasteiger partial charge in [0, 0.05) is 6.42 Å². The number of amides is 1. The number of esters is 1. The smallest absolute Gasteiger partial charge is 0.306 e. The zero-order valence-electron chi connectivity index (χ0n) is 40.3. The lowest BCUT2D eigenvalue weighted by Crippen LogP contribution is -2.46. The van der Waals surface area contributed by atoms with E-state index in [2.05, 4.69) is 38.2 Å². The van der Waals surface area contributed by atoms with E-state index in [4.69, 9.17) is 4.74 Å². The zero-order chi connectivity index (χ0) is 44.5. The first-order chi connectivity index (χ1) is 30.0. The number of hydrogen-bond donors (Lipinski definition) is 3. The van der Waals surface area contributed by atoms with E-state index in [1.54, 1.807) is 0 Å². The van der Waals surface area contributed by atoms with Crippen LogP contribution in [0.25, 0.3) is 0 Å². The first kappa shape index (κ1) is 58.6. The highest BCUT2D eigenvalue weighted by Gasteiger charge is 2.24. The minimum Gasteiger partial charge on any atom is -0.462 e. The lowest BCUT2D eigenvalue weighted by atomic mass is 10.0. The Bertz CT molecular complexity index is 1090. The van der Waals surface area contributed by atoms with Gasteiger partial charge in [-0.05, 0) is 38.5 Å². The van der Waals surface area contributed by atoms with Crippen LogP contribution in [0.15, 0.2) is 60.8 Å². The molecule has 3 unspecified atom stereocenters. The van der Waals surface area contributed by atoms with E-state index in [0.717, 1.165) is 57.8 Å². The molecule has 0 saturated carbocycles. The summed E-state index contributed by atoms with van der Waals surface area (Å²) in [5.41, 5.74) is 0. The Kier molecular flexibility index (Phi) is 46.6. The van der Waals surface area contributed by atoms with Gasteiger partial charge in [0.1, 0.15) is 6.10 Å². The van der Waals surface area contributed by atoms with E-state index in [-0.39, 0.29) is 24.9 Å². The van der Waals surface area contributed by atoms with Gasteiger partial charge in [-0.25, -0.2) is 0 Å². The predicted octanol–water partition coefficient (Wildman–Crippen LogP) is 15.6. The first-order valence-electron chi connectivity index (χ1n) is 26.1. The number of carbonyl (C=O) groups is 2. The fraction of sp³-hybridized carbons (Fsp3) is 0.782. The standard InChI is InChI=1S/C55H99NO5/c1-4-7-10-13-16-19-22-25-26-27-30-33-36-39-42-45-48-55(60)61-51(46-43-40-37-34-31-28-23-20-17-14-11-8-5-2)49-54(59)56-52(50-57)53(58)47-44-41-38-35-32-29-24-21-18-15-12-9-6-3/h8,11,14,17,20,23,28,31,34,37,51-53,57-58H,4-7,9-10,12-13,15-16,18-19,21-22,24-27,29-30,32-33,35-36,38-50H2,1-3H3,(H,56,59)/b11-8+,17-14+,23-20-,31-28-,37-34+. The van der Waals surface area contributed by atoms with E-state index in [0.29, 0.717) is 19.3 Å². The maximum absolute atomic E-state index is 13.2. The van der Waals surface area contributed by atoms with Crippen molar-refractivity contribution < 1.29 is 24.5 Å². The molecule has 0 aliphatic rings. The quantitative estimate of drug-likeness (QED) is 0.0322. The van der Waals surface area contributed by atoms with Crippen LogP contribution in [-0.4, -0.2) is 46.9 Å². The van der Waals surface area contributed by atoms with Gasteiger partial charge in [-0.15, -0.1) is 0 Å². The normalized spacial score (nSPS) is 13.7. The van der Waals surface area contributed by atoms with Crippen LogP contribution in [0.3, 0.4) is 0 Å². The Labute approximate surface area is 378 Å². The molecule has 354 valence electrons. The SMILES string of the molecule is CC/C=C/C=C/C=C\C=C/C=C/CCCC(CC(=O)NC(CO)C(O)CCCCCCCCCCCCCCC)OC(=O)CCCCCCCCCCCCCCCCCC. The number of allylic oxidation sites excluding steroid dienone is 10. The maximum Gasteiger partial charge on any atom is 0.306 e. The lowest BCUT2D eigenvalue weighted by Gasteiger charge is -2.24. The van der Waals surface area contributed by atoms with Crippen molar-refractivity contribution in [3.05, 3.63) is 60.8 Å². The molecular formula is C55H99NO5. The molecule has 0 heterocycles. The van der Waals surface area contributed by atoms with Crippen molar-refractivity contribution in [2.75, 3.05) is 6.61 Å². The molecular weight excluding hydrogens is 755 g/mol. The molecule has 6 heteroatoms. The number of unbranched alkanes of at least 4 members (excludes halogenated alkanes) is 28.